The molecule has 1 fully saturated rings. The molecule has 0 bridgehead atoms. The number of hydrogen-bond donors (Lipinski definition) is 2. The van der Waals surface area contributed by atoms with Crippen molar-refractivity contribution in [1.82, 2.24) is 0 Å². The largest absolute Gasteiger partial charge is 0.378 e. The highest BCUT2D eigenvalue weighted by atomic mass is 16.3. The van der Waals surface area contributed by atoms with Gasteiger partial charge < -0.3 is 10.8 Å². The first-order valence-corrected chi connectivity index (χ1v) is 4.14. The van der Waals surface area contributed by atoms with Gasteiger partial charge >= 0.3 is 0 Å². The molecule has 12 heavy (non-hydrogen) atoms. The Morgan fingerprint density at radius 3 is 2.83 bits per heavy atom. The summed E-state index contributed by atoms with van der Waals surface area (Å²) in [4.78, 5) is 11.1. The van der Waals surface area contributed by atoms with Crippen molar-refractivity contribution < 1.29 is 9.90 Å². The maximum absolute atomic E-state index is 11.1. The van der Waals surface area contributed by atoms with Crippen molar-refractivity contribution >= 4 is 5.78 Å². The van der Waals surface area contributed by atoms with Gasteiger partial charge in [0.05, 0.1) is 0 Å². The molecule has 2 atom stereocenters. The lowest BCUT2D eigenvalue weighted by atomic mass is 9.76. The third kappa shape index (κ3) is 1.42. The summed E-state index contributed by atoms with van der Waals surface area (Å²) in [5.74, 6) is -0.248. The molecule has 0 saturated heterocycles. The van der Waals surface area contributed by atoms with Crippen molar-refractivity contribution in [3.63, 3.8) is 0 Å². The highest BCUT2D eigenvalue weighted by Crippen LogP contribution is 2.32. The van der Waals surface area contributed by atoms with Gasteiger partial charge in [-0.15, -0.1) is 0 Å². The Labute approximate surface area is 72.3 Å². The summed E-state index contributed by atoms with van der Waals surface area (Å²) in [6.45, 7) is 5.07. The summed E-state index contributed by atoms with van der Waals surface area (Å²) in [7, 11) is 0. The molecule has 0 aromatic carbocycles. The fraction of sp³-hybridized carbons (Fsp3) is 0.667. The second-order valence-corrected chi connectivity index (χ2v) is 3.52. The number of carbonyl (C=O) groups excluding carboxylic acids is 1. The Hall–Kier alpha value is -0.670. The molecular formula is C9H15NO2. The highest BCUT2D eigenvalue weighted by Gasteiger charge is 2.40. The molecule has 0 spiro atoms. The molecule has 3 heteroatoms. The number of rotatable bonds is 1. The van der Waals surface area contributed by atoms with E-state index in [9.17, 15) is 9.90 Å². The molecule has 0 heterocycles. The fourth-order valence-electron chi connectivity index (χ4n) is 1.58. The first kappa shape index (κ1) is 9.42. The standard InChI is InChI=1S/C9H15NO2/c1-6-3-4-8(10)5-9(6,12)7(2)11/h8,12H,1,3-5,10H2,2H3. The minimum absolute atomic E-state index is 0.0793. The summed E-state index contributed by atoms with van der Waals surface area (Å²) in [5.41, 5.74) is 4.92. The van der Waals surface area contributed by atoms with Crippen LogP contribution >= 0.6 is 0 Å². The predicted octanol–water partition coefficient (Wildman–Crippen LogP) is 0.374. The van der Waals surface area contributed by atoms with Crippen LogP contribution in [0.15, 0.2) is 12.2 Å². The molecular weight excluding hydrogens is 154 g/mol. The highest BCUT2D eigenvalue weighted by molar-refractivity contribution is 5.88. The van der Waals surface area contributed by atoms with E-state index in [1.165, 1.54) is 6.92 Å². The predicted molar refractivity (Wildman–Crippen MR) is 46.6 cm³/mol. The molecule has 2 unspecified atom stereocenters. The van der Waals surface area contributed by atoms with Crippen LogP contribution in [0.3, 0.4) is 0 Å². The Balaban J connectivity index is 2.85. The Kier molecular flexibility index (Phi) is 2.35. The van der Waals surface area contributed by atoms with E-state index in [4.69, 9.17) is 5.73 Å². The van der Waals surface area contributed by atoms with Crippen LogP contribution in [0, 0.1) is 0 Å². The summed E-state index contributed by atoms with van der Waals surface area (Å²) in [6.07, 6.45) is 1.78. The van der Waals surface area contributed by atoms with Crippen molar-refractivity contribution in [3.05, 3.63) is 12.2 Å². The average molecular weight is 169 g/mol. The molecule has 0 aliphatic heterocycles. The van der Waals surface area contributed by atoms with Crippen LogP contribution < -0.4 is 5.73 Å². The van der Waals surface area contributed by atoms with Gasteiger partial charge in [0.25, 0.3) is 0 Å². The van der Waals surface area contributed by atoms with E-state index in [0.717, 1.165) is 6.42 Å². The van der Waals surface area contributed by atoms with E-state index in [1.54, 1.807) is 0 Å². The molecule has 3 nitrogen and oxygen atoms in total. The molecule has 68 valence electrons. The molecule has 1 rings (SSSR count). The minimum Gasteiger partial charge on any atom is -0.378 e. The molecule has 1 aliphatic carbocycles. The summed E-state index contributed by atoms with van der Waals surface area (Å²) >= 11 is 0. The zero-order valence-corrected chi connectivity index (χ0v) is 7.34. The van der Waals surface area contributed by atoms with Crippen molar-refractivity contribution in [1.29, 1.82) is 0 Å². The summed E-state index contributed by atoms with van der Waals surface area (Å²) < 4.78 is 0. The zero-order chi connectivity index (χ0) is 9.35. The van der Waals surface area contributed by atoms with Crippen LogP contribution in [-0.2, 0) is 4.79 Å². The first-order valence-electron chi connectivity index (χ1n) is 4.14. The maximum Gasteiger partial charge on any atom is 0.165 e. The van der Waals surface area contributed by atoms with Gasteiger partial charge in [-0.2, -0.15) is 0 Å². The lowest BCUT2D eigenvalue weighted by Gasteiger charge is -2.35. The van der Waals surface area contributed by atoms with Gasteiger partial charge in [0.2, 0.25) is 0 Å². The van der Waals surface area contributed by atoms with E-state index in [-0.39, 0.29) is 11.8 Å². The van der Waals surface area contributed by atoms with Crippen molar-refractivity contribution in [2.45, 2.75) is 37.8 Å². The van der Waals surface area contributed by atoms with Crippen LogP contribution in [0.2, 0.25) is 0 Å². The van der Waals surface area contributed by atoms with E-state index in [0.29, 0.717) is 18.4 Å². The lowest BCUT2D eigenvalue weighted by molar-refractivity contribution is -0.133. The van der Waals surface area contributed by atoms with Gasteiger partial charge in [-0.25, -0.2) is 0 Å². The van der Waals surface area contributed by atoms with Crippen LogP contribution in [0.25, 0.3) is 0 Å². The molecule has 0 aromatic heterocycles. The Bertz CT molecular complexity index is 225. The number of carbonyl (C=O) groups is 1. The smallest absolute Gasteiger partial charge is 0.165 e. The third-order valence-corrected chi connectivity index (χ3v) is 2.54. The van der Waals surface area contributed by atoms with E-state index in [1.807, 2.05) is 0 Å². The van der Waals surface area contributed by atoms with E-state index in [2.05, 4.69) is 6.58 Å². The number of hydrogen-bond acceptors (Lipinski definition) is 3. The molecule has 1 aliphatic rings. The van der Waals surface area contributed by atoms with Crippen LogP contribution in [0.5, 0.6) is 0 Å². The van der Waals surface area contributed by atoms with Gasteiger partial charge in [-0.3, -0.25) is 4.79 Å². The van der Waals surface area contributed by atoms with Crippen molar-refractivity contribution in [2.24, 2.45) is 5.73 Å². The quantitative estimate of drug-likeness (QED) is 0.557. The lowest BCUT2D eigenvalue weighted by Crippen LogP contribution is -2.47. The van der Waals surface area contributed by atoms with Crippen LogP contribution in [-0.4, -0.2) is 22.5 Å². The first-order chi connectivity index (χ1) is 5.47. The van der Waals surface area contributed by atoms with Gasteiger partial charge in [-0.1, -0.05) is 6.58 Å². The SMILES string of the molecule is C=C1CCC(N)CC1(O)C(C)=O. The van der Waals surface area contributed by atoms with E-state index < -0.39 is 5.60 Å². The van der Waals surface area contributed by atoms with Gasteiger partial charge in [0.1, 0.15) is 5.60 Å². The Morgan fingerprint density at radius 1 is 1.83 bits per heavy atom. The van der Waals surface area contributed by atoms with Gasteiger partial charge in [0.15, 0.2) is 5.78 Å². The molecule has 0 aromatic rings. The molecule has 0 amide bonds. The van der Waals surface area contributed by atoms with Crippen molar-refractivity contribution in [3.8, 4) is 0 Å². The monoisotopic (exact) mass is 169 g/mol. The van der Waals surface area contributed by atoms with Crippen LogP contribution in [0.4, 0.5) is 0 Å². The molecule has 0 radical (unpaired) electrons. The third-order valence-electron chi connectivity index (χ3n) is 2.54. The minimum atomic E-state index is -1.35. The van der Waals surface area contributed by atoms with Crippen LogP contribution in [0.1, 0.15) is 26.2 Å². The van der Waals surface area contributed by atoms with Gasteiger partial charge in [0, 0.05) is 12.5 Å². The number of ketones is 1. The average Bonchev–Trinajstić information content (AvgIpc) is 1.97. The Morgan fingerprint density at radius 2 is 2.42 bits per heavy atom. The normalized spacial score (nSPS) is 36.6. The molecule has 1 saturated carbocycles. The number of aliphatic hydroxyl groups is 1. The number of nitrogens with two attached hydrogens (primary N) is 1. The maximum atomic E-state index is 11.1. The van der Waals surface area contributed by atoms with E-state index >= 15 is 0 Å². The second kappa shape index (κ2) is 2.99. The summed E-state index contributed by atoms with van der Waals surface area (Å²) in [6, 6.07) is -0.0793. The van der Waals surface area contributed by atoms with Crippen molar-refractivity contribution in [2.75, 3.05) is 0 Å². The topological polar surface area (TPSA) is 63.3 Å². The molecule has 3 N–H and O–H groups in total. The second-order valence-electron chi connectivity index (χ2n) is 3.52. The number of Topliss-reactive ketones (excluding diaryl/α,β-unsaturated/α-hetero) is 1. The fourth-order valence-corrected chi connectivity index (χ4v) is 1.58. The zero-order valence-electron chi connectivity index (χ0n) is 7.34. The summed E-state index contributed by atoms with van der Waals surface area (Å²) in [5, 5.41) is 9.86. The van der Waals surface area contributed by atoms with Gasteiger partial charge in [-0.05, 0) is 25.3 Å².